The van der Waals surface area contributed by atoms with E-state index >= 15 is 0 Å². The molecule has 0 saturated heterocycles. The molecule has 0 saturated carbocycles. The minimum atomic E-state index is -3.88. The van der Waals surface area contributed by atoms with E-state index in [-0.39, 0.29) is 29.2 Å². The van der Waals surface area contributed by atoms with E-state index < -0.39 is 28.5 Å². The number of amides is 2. The third-order valence-electron chi connectivity index (χ3n) is 5.28. The van der Waals surface area contributed by atoms with Gasteiger partial charge in [-0.25, -0.2) is 8.42 Å². The molecule has 0 radical (unpaired) electrons. The minimum Gasteiger partial charge on any atom is -0.352 e. The number of hydrogen-bond acceptors (Lipinski definition) is 4. The molecule has 0 bridgehead atoms. The fraction of sp³-hybridized carbons (Fsp3) is 0.417. The number of aryl methyl sites for hydroxylation is 1. The summed E-state index contributed by atoms with van der Waals surface area (Å²) in [7, 11) is -3.88. The molecule has 1 unspecified atom stereocenters. The maximum Gasteiger partial charge on any atom is 0.244 e. The van der Waals surface area contributed by atoms with Gasteiger partial charge in [-0.05, 0) is 56.5 Å². The highest BCUT2D eigenvalue weighted by Gasteiger charge is 2.32. The van der Waals surface area contributed by atoms with E-state index in [4.69, 9.17) is 23.2 Å². The summed E-state index contributed by atoms with van der Waals surface area (Å²) in [5.74, 6) is -0.819. The molecule has 0 aliphatic rings. The molecular formula is C24H31Cl2N3O4S. The standard InChI is InChI=1S/C24H31Cl2N3O4S/c1-6-21(24(31)27-16(2)3)28(14-18-10-8-7-9-17(18)4)23(30)15-29(34(5,32)33)22-12-11-19(25)13-20(22)26/h7-13,16,21H,6,14-15H2,1-5H3,(H,27,31). The zero-order valence-electron chi connectivity index (χ0n) is 20.0. The van der Waals surface area contributed by atoms with Crippen molar-refractivity contribution in [1.29, 1.82) is 0 Å². The summed E-state index contributed by atoms with van der Waals surface area (Å²) in [6.45, 7) is 7.05. The Morgan fingerprint density at radius 1 is 1.09 bits per heavy atom. The Labute approximate surface area is 212 Å². The zero-order chi connectivity index (χ0) is 25.6. The second-order valence-electron chi connectivity index (χ2n) is 8.40. The molecule has 34 heavy (non-hydrogen) atoms. The van der Waals surface area contributed by atoms with Crippen LogP contribution >= 0.6 is 23.2 Å². The number of anilines is 1. The first kappa shape index (κ1) is 28.0. The third-order valence-corrected chi connectivity index (χ3v) is 6.94. The van der Waals surface area contributed by atoms with E-state index in [9.17, 15) is 18.0 Å². The zero-order valence-corrected chi connectivity index (χ0v) is 22.3. The van der Waals surface area contributed by atoms with Gasteiger partial charge in [0.15, 0.2) is 0 Å². The van der Waals surface area contributed by atoms with Gasteiger partial charge in [0, 0.05) is 17.6 Å². The first-order valence-corrected chi connectivity index (χ1v) is 13.5. The van der Waals surface area contributed by atoms with Gasteiger partial charge in [-0.2, -0.15) is 0 Å². The summed E-state index contributed by atoms with van der Waals surface area (Å²) >= 11 is 12.2. The number of halogens is 2. The second-order valence-corrected chi connectivity index (χ2v) is 11.2. The van der Waals surface area contributed by atoms with E-state index in [1.165, 1.54) is 23.1 Å². The Bertz CT molecular complexity index is 1140. The van der Waals surface area contributed by atoms with Crippen molar-refractivity contribution in [2.24, 2.45) is 0 Å². The van der Waals surface area contributed by atoms with Crippen LogP contribution in [0, 0.1) is 6.92 Å². The van der Waals surface area contributed by atoms with E-state index in [1.807, 2.05) is 52.0 Å². The molecule has 0 heterocycles. The highest BCUT2D eigenvalue weighted by Crippen LogP contribution is 2.30. The number of nitrogens with zero attached hydrogens (tertiary/aromatic N) is 2. The van der Waals surface area contributed by atoms with Gasteiger partial charge in [0.05, 0.1) is 17.0 Å². The first-order chi connectivity index (χ1) is 15.8. The van der Waals surface area contributed by atoms with E-state index in [0.29, 0.717) is 11.4 Å². The van der Waals surface area contributed by atoms with Crippen LogP contribution in [0.5, 0.6) is 0 Å². The average Bonchev–Trinajstić information content (AvgIpc) is 2.72. The molecule has 2 amide bonds. The van der Waals surface area contributed by atoms with Crippen molar-refractivity contribution in [2.75, 3.05) is 17.1 Å². The summed E-state index contributed by atoms with van der Waals surface area (Å²) in [5, 5.41) is 3.30. The fourth-order valence-electron chi connectivity index (χ4n) is 3.55. The average molecular weight is 529 g/mol. The molecule has 0 aliphatic carbocycles. The van der Waals surface area contributed by atoms with Crippen LogP contribution in [0.15, 0.2) is 42.5 Å². The number of hydrogen-bond donors (Lipinski definition) is 1. The van der Waals surface area contributed by atoms with Crippen molar-refractivity contribution in [1.82, 2.24) is 10.2 Å². The smallest absolute Gasteiger partial charge is 0.244 e. The highest BCUT2D eigenvalue weighted by atomic mass is 35.5. The summed E-state index contributed by atoms with van der Waals surface area (Å²) in [6.07, 6.45) is 1.36. The van der Waals surface area contributed by atoms with Crippen LogP contribution in [0.2, 0.25) is 10.0 Å². The molecule has 2 aromatic carbocycles. The Kier molecular flexibility index (Phi) is 9.79. The Hall–Kier alpha value is -2.29. The van der Waals surface area contributed by atoms with Crippen molar-refractivity contribution in [3.05, 3.63) is 63.6 Å². The minimum absolute atomic E-state index is 0.0979. The SMILES string of the molecule is CCC(C(=O)NC(C)C)N(Cc1ccccc1C)C(=O)CN(c1ccc(Cl)cc1Cl)S(C)(=O)=O. The Morgan fingerprint density at radius 3 is 2.26 bits per heavy atom. The maximum absolute atomic E-state index is 13.6. The van der Waals surface area contributed by atoms with E-state index in [1.54, 1.807) is 0 Å². The number of rotatable bonds is 10. The largest absolute Gasteiger partial charge is 0.352 e. The molecule has 0 fully saturated rings. The topological polar surface area (TPSA) is 86.8 Å². The van der Waals surface area contributed by atoms with Crippen molar-refractivity contribution in [3.63, 3.8) is 0 Å². The molecule has 7 nitrogen and oxygen atoms in total. The van der Waals surface area contributed by atoms with Crippen LogP contribution in [0.4, 0.5) is 5.69 Å². The lowest BCUT2D eigenvalue weighted by Crippen LogP contribution is -2.53. The van der Waals surface area contributed by atoms with Crippen LogP contribution in [-0.2, 0) is 26.2 Å². The molecule has 0 aliphatic heterocycles. The Morgan fingerprint density at radius 2 is 1.74 bits per heavy atom. The van der Waals surface area contributed by atoms with Crippen LogP contribution < -0.4 is 9.62 Å². The summed E-state index contributed by atoms with van der Waals surface area (Å²) in [6, 6.07) is 11.0. The van der Waals surface area contributed by atoms with Gasteiger partial charge >= 0.3 is 0 Å². The quantitative estimate of drug-likeness (QED) is 0.495. The van der Waals surface area contributed by atoms with Crippen LogP contribution in [0.3, 0.4) is 0 Å². The van der Waals surface area contributed by atoms with Gasteiger partial charge in [-0.15, -0.1) is 0 Å². The molecular weight excluding hydrogens is 497 g/mol. The number of nitrogens with one attached hydrogen (secondary N) is 1. The van der Waals surface area contributed by atoms with Gasteiger partial charge in [-0.3, -0.25) is 13.9 Å². The lowest BCUT2D eigenvalue weighted by atomic mass is 10.1. The summed E-state index contributed by atoms with van der Waals surface area (Å²) in [4.78, 5) is 28.0. The number of carbonyl (C=O) groups excluding carboxylic acids is 2. The lowest BCUT2D eigenvalue weighted by Gasteiger charge is -2.33. The van der Waals surface area contributed by atoms with Gasteiger partial charge < -0.3 is 10.2 Å². The van der Waals surface area contributed by atoms with Crippen LogP contribution in [0.25, 0.3) is 0 Å². The van der Waals surface area contributed by atoms with Crippen molar-refractivity contribution >= 4 is 50.7 Å². The van der Waals surface area contributed by atoms with E-state index in [2.05, 4.69) is 5.32 Å². The van der Waals surface area contributed by atoms with E-state index in [0.717, 1.165) is 21.7 Å². The lowest BCUT2D eigenvalue weighted by molar-refractivity contribution is -0.140. The highest BCUT2D eigenvalue weighted by molar-refractivity contribution is 7.92. The Balaban J connectivity index is 2.49. The molecule has 2 aromatic rings. The molecule has 0 aromatic heterocycles. The maximum atomic E-state index is 13.6. The van der Waals surface area contributed by atoms with Gasteiger partial charge in [-0.1, -0.05) is 54.4 Å². The molecule has 1 atom stereocenters. The number of carbonyl (C=O) groups is 2. The monoisotopic (exact) mass is 527 g/mol. The molecule has 2 rings (SSSR count). The predicted octanol–water partition coefficient (Wildman–Crippen LogP) is 4.40. The van der Waals surface area contributed by atoms with Gasteiger partial charge in [0.2, 0.25) is 21.8 Å². The first-order valence-electron chi connectivity index (χ1n) is 10.9. The number of benzene rings is 2. The van der Waals surface area contributed by atoms with Crippen LogP contribution in [0.1, 0.15) is 38.3 Å². The predicted molar refractivity (Wildman–Crippen MR) is 138 cm³/mol. The van der Waals surface area contributed by atoms with Crippen molar-refractivity contribution in [2.45, 2.75) is 52.7 Å². The molecule has 10 heteroatoms. The molecule has 0 spiro atoms. The second kappa shape index (κ2) is 11.9. The van der Waals surface area contributed by atoms with Gasteiger partial charge in [0.25, 0.3) is 0 Å². The fourth-order valence-corrected chi connectivity index (χ4v) is 4.97. The van der Waals surface area contributed by atoms with Crippen molar-refractivity contribution < 1.29 is 18.0 Å². The van der Waals surface area contributed by atoms with Crippen molar-refractivity contribution in [3.8, 4) is 0 Å². The summed E-state index contributed by atoms with van der Waals surface area (Å²) in [5.41, 5.74) is 1.96. The normalized spacial score (nSPS) is 12.4. The van der Waals surface area contributed by atoms with Crippen LogP contribution in [-0.4, -0.2) is 50.0 Å². The summed E-state index contributed by atoms with van der Waals surface area (Å²) < 4.78 is 26.2. The van der Waals surface area contributed by atoms with Gasteiger partial charge in [0.1, 0.15) is 12.6 Å². The third kappa shape index (κ3) is 7.35. The molecule has 1 N–H and O–H groups in total. The molecule has 186 valence electrons. The number of sulfonamides is 1.